The highest BCUT2D eigenvalue weighted by molar-refractivity contribution is 6.31. The highest BCUT2D eigenvalue weighted by Gasteiger charge is 2.28. The standard InChI is InChI=1S/C25H33ClN2O2/c1-4-6-17-27-25(30)23(5-2)28(18-20-13-11-19(3)12-14-20)24(29)16-15-21-9-7-8-10-22(21)26/h7-14,23H,4-6,15-18H2,1-3H3,(H,27,30). The zero-order valence-electron chi connectivity index (χ0n) is 18.3. The largest absolute Gasteiger partial charge is 0.354 e. The quantitative estimate of drug-likeness (QED) is 0.493. The van der Waals surface area contributed by atoms with Gasteiger partial charge in [0, 0.05) is 24.5 Å². The Hall–Kier alpha value is -2.33. The molecule has 1 unspecified atom stereocenters. The van der Waals surface area contributed by atoms with Gasteiger partial charge in [0.15, 0.2) is 0 Å². The van der Waals surface area contributed by atoms with E-state index in [1.54, 1.807) is 4.90 Å². The van der Waals surface area contributed by atoms with Crippen LogP contribution in [0.4, 0.5) is 0 Å². The zero-order chi connectivity index (χ0) is 21.9. The fourth-order valence-corrected chi connectivity index (χ4v) is 3.63. The van der Waals surface area contributed by atoms with E-state index in [1.807, 2.05) is 62.4 Å². The summed E-state index contributed by atoms with van der Waals surface area (Å²) in [6, 6.07) is 15.2. The minimum atomic E-state index is -0.484. The molecule has 1 atom stereocenters. The molecule has 0 spiro atoms. The molecule has 0 aromatic heterocycles. The summed E-state index contributed by atoms with van der Waals surface area (Å²) in [4.78, 5) is 27.8. The van der Waals surface area contributed by atoms with Crippen LogP contribution in [0, 0.1) is 6.92 Å². The predicted molar refractivity (Wildman–Crippen MR) is 123 cm³/mol. The van der Waals surface area contributed by atoms with Crippen LogP contribution < -0.4 is 5.32 Å². The van der Waals surface area contributed by atoms with Gasteiger partial charge in [-0.2, -0.15) is 0 Å². The summed E-state index contributed by atoms with van der Waals surface area (Å²) < 4.78 is 0. The van der Waals surface area contributed by atoms with E-state index in [4.69, 9.17) is 11.6 Å². The van der Waals surface area contributed by atoms with Gasteiger partial charge in [-0.15, -0.1) is 0 Å². The fourth-order valence-electron chi connectivity index (χ4n) is 3.40. The Labute approximate surface area is 185 Å². The van der Waals surface area contributed by atoms with E-state index in [-0.39, 0.29) is 11.8 Å². The summed E-state index contributed by atoms with van der Waals surface area (Å²) in [6.07, 6.45) is 3.38. The van der Waals surface area contributed by atoms with Crippen LogP contribution in [0.2, 0.25) is 5.02 Å². The number of halogens is 1. The van der Waals surface area contributed by atoms with Crippen LogP contribution in [0.3, 0.4) is 0 Å². The van der Waals surface area contributed by atoms with Crippen LogP contribution in [0.15, 0.2) is 48.5 Å². The van der Waals surface area contributed by atoms with E-state index in [0.29, 0.717) is 37.4 Å². The predicted octanol–water partition coefficient (Wildman–Crippen LogP) is 5.30. The number of nitrogens with zero attached hydrogens (tertiary/aromatic N) is 1. The van der Waals surface area contributed by atoms with E-state index in [2.05, 4.69) is 12.2 Å². The second-order valence-corrected chi connectivity index (χ2v) is 8.07. The molecule has 2 aromatic carbocycles. The number of hydrogen-bond donors (Lipinski definition) is 1. The first kappa shape index (κ1) is 23.9. The smallest absolute Gasteiger partial charge is 0.242 e. The van der Waals surface area contributed by atoms with Crippen LogP contribution in [0.5, 0.6) is 0 Å². The Morgan fingerprint density at radius 1 is 1.07 bits per heavy atom. The Morgan fingerprint density at radius 2 is 1.77 bits per heavy atom. The number of unbranched alkanes of at least 4 members (excludes halogenated alkanes) is 1. The van der Waals surface area contributed by atoms with Crippen molar-refractivity contribution in [1.29, 1.82) is 0 Å². The third-order valence-electron chi connectivity index (χ3n) is 5.26. The van der Waals surface area contributed by atoms with E-state index in [1.165, 1.54) is 5.56 Å². The maximum absolute atomic E-state index is 13.2. The van der Waals surface area contributed by atoms with Gasteiger partial charge < -0.3 is 10.2 Å². The van der Waals surface area contributed by atoms with Gasteiger partial charge in [0.25, 0.3) is 0 Å². The molecule has 0 radical (unpaired) electrons. The highest BCUT2D eigenvalue weighted by Crippen LogP contribution is 2.19. The molecule has 5 heteroatoms. The van der Waals surface area contributed by atoms with Crippen molar-refractivity contribution >= 4 is 23.4 Å². The van der Waals surface area contributed by atoms with E-state index in [9.17, 15) is 9.59 Å². The molecule has 0 aliphatic carbocycles. The molecule has 0 aliphatic rings. The molecule has 0 saturated carbocycles. The maximum atomic E-state index is 13.2. The Kier molecular flexibility index (Phi) is 9.88. The van der Waals surface area contributed by atoms with Crippen molar-refractivity contribution in [2.75, 3.05) is 6.54 Å². The number of amides is 2. The van der Waals surface area contributed by atoms with E-state index >= 15 is 0 Å². The van der Waals surface area contributed by atoms with Gasteiger partial charge in [-0.05, 0) is 43.4 Å². The third kappa shape index (κ3) is 7.17. The van der Waals surface area contributed by atoms with Crippen LogP contribution >= 0.6 is 11.6 Å². The Morgan fingerprint density at radius 3 is 2.40 bits per heavy atom. The minimum Gasteiger partial charge on any atom is -0.354 e. The van der Waals surface area contributed by atoms with Crippen LogP contribution in [-0.4, -0.2) is 29.3 Å². The molecule has 2 aromatic rings. The number of nitrogens with one attached hydrogen (secondary N) is 1. The molecule has 30 heavy (non-hydrogen) atoms. The van der Waals surface area contributed by atoms with Gasteiger partial charge in [0.05, 0.1) is 0 Å². The SMILES string of the molecule is CCCCNC(=O)C(CC)N(Cc1ccc(C)cc1)C(=O)CCc1ccccc1Cl. The number of aryl methyl sites for hydroxylation is 2. The average Bonchev–Trinajstić information content (AvgIpc) is 2.74. The van der Waals surface area contributed by atoms with Crippen LogP contribution in [0.1, 0.15) is 56.2 Å². The second kappa shape index (κ2) is 12.4. The highest BCUT2D eigenvalue weighted by atomic mass is 35.5. The average molecular weight is 429 g/mol. The van der Waals surface area contributed by atoms with Crippen molar-refractivity contribution in [2.45, 2.75) is 65.5 Å². The molecule has 0 heterocycles. The first-order valence-electron chi connectivity index (χ1n) is 10.8. The van der Waals surface area contributed by atoms with Gasteiger partial charge in [-0.25, -0.2) is 0 Å². The molecule has 162 valence electrons. The van der Waals surface area contributed by atoms with Crippen molar-refractivity contribution in [3.05, 3.63) is 70.2 Å². The lowest BCUT2D eigenvalue weighted by Crippen LogP contribution is -2.49. The molecule has 0 saturated heterocycles. The molecule has 2 amide bonds. The summed E-state index contributed by atoms with van der Waals surface area (Å²) in [5, 5.41) is 3.66. The molecule has 0 aliphatic heterocycles. The van der Waals surface area contributed by atoms with Crippen LogP contribution in [0.25, 0.3) is 0 Å². The van der Waals surface area contributed by atoms with E-state index in [0.717, 1.165) is 24.0 Å². The lowest BCUT2D eigenvalue weighted by Gasteiger charge is -2.31. The summed E-state index contributed by atoms with van der Waals surface area (Å²) in [6.45, 7) is 7.13. The molecular weight excluding hydrogens is 396 g/mol. The van der Waals surface area contributed by atoms with Gasteiger partial charge in [-0.3, -0.25) is 9.59 Å². The summed E-state index contributed by atoms with van der Waals surface area (Å²) >= 11 is 6.25. The van der Waals surface area contributed by atoms with Crippen molar-refractivity contribution < 1.29 is 9.59 Å². The van der Waals surface area contributed by atoms with Crippen molar-refractivity contribution in [3.63, 3.8) is 0 Å². The monoisotopic (exact) mass is 428 g/mol. The minimum absolute atomic E-state index is 0.0343. The second-order valence-electron chi connectivity index (χ2n) is 7.67. The van der Waals surface area contributed by atoms with Gasteiger partial charge >= 0.3 is 0 Å². The zero-order valence-corrected chi connectivity index (χ0v) is 19.0. The number of rotatable bonds is 11. The molecule has 0 bridgehead atoms. The summed E-state index contributed by atoms with van der Waals surface area (Å²) in [5.74, 6) is -0.114. The van der Waals surface area contributed by atoms with Crippen molar-refractivity contribution in [2.24, 2.45) is 0 Å². The van der Waals surface area contributed by atoms with E-state index < -0.39 is 6.04 Å². The number of carbonyl (C=O) groups excluding carboxylic acids is 2. The van der Waals surface area contributed by atoms with Gasteiger partial charge in [-0.1, -0.05) is 79.9 Å². The number of hydrogen-bond acceptors (Lipinski definition) is 2. The Balaban J connectivity index is 2.17. The molecule has 4 nitrogen and oxygen atoms in total. The summed E-state index contributed by atoms with van der Waals surface area (Å²) in [7, 11) is 0. The normalized spacial score (nSPS) is 11.7. The molecule has 0 fully saturated rings. The topological polar surface area (TPSA) is 49.4 Å². The first-order valence-corrected chi connectivity index (χ1v) is 11.2. The van der Waals surface area contributed by atoms with Gasteiger partial charge in [0.1, 0.15) is 6.04 Å². The fraction of sp³-hybridized carbons (Fsp3) is 0.440. The molecular formula is C25H33ClN2O2. The van der Waals surface area contributed by atoms with Crippen molar-refractivity contribution in [1.82, 2.24) is 10.2 Å². The lowest BCUT2D eigenvalue weighted by molar-refractivity contribution is -0.141. The molecule has 1 N–H and O–H groups in total. The lowest BCUT2D eigenvalue weighted by atomic mass is 10.1. The number of benzene rings is 2. The van der Waals surface area contributed by atoms with Crippen LogP contribution in [-0.2, 0) is 22.6 Å². The van der Waals surface area contributed by atoms with Crippen molar-refractivity contribution in [3.8, 4) is 0 Å². The first-order chi connectivity index (χ1) is 14.5. The third-order valence-corrected chi connectivity index (χ3v) is 5.62. The maximum Gasteiger partial charge on any atom is 0.242 e. The Bertz CT molecular complexity index is 820. The summed E-state index contributed by atoms with van der Waals surface area (Å²) in [5.41, 5.74) is 3.13. The number of carbonyl (C=O) groups is 2. The van der Waals surface area contributed by atoms with Gasteiger partial charge in [0.2, 0.25) is 11.8 Å². The molecule has 2 rings (SSSR count).